The Kier molecular flexibility index (Phi) is 10.1. The highest BCUT2D eigenvalue weighted by atomic mass is 35.5. The number of hydrogen-bond donors (Lipinski definition) is 1. The number of carboxylic acids is 1. The van der Waals surface area contributed by atoms with Gasteiger partial charge in [-0.1, -0.05) is 43.1 Å². The smallest absolute Gasteiger partial charge is 0.338 e. The summed E-state index contributed by atoms with van der Waals surface area (Å²) in [4.78, 5) is 25.0. The van der Waals surface area contributed by atoms with Crippen LogP contribution in [0.5, 0.6) is 17.2 Å². The number of unbranched alkanes of at least 4 members (excludes halogenated alkanes) is 1. The monoisotopic (exact) mass is 630 g/mol. The highest BCUT2D eigenvalue weighted by molar-refractivity contribution is 6.30. The van der Waals surface area contributed by atoms with Crippen molar-refractivity contribution in [3.8, 4) is 28.5 Å². The number of aromatic nitrogens is 2. The van der Waals surface area contributed by atoms with Crippen LogP contribution in [0.3, 0.4) is 0 Å². The van der Waals surface area contributed by atoms with E-state index in [4.69, 9.17) is 30.5 Å². The third kappa shape index (κ3) is 7.15. The Labute approximate surface area is 266 Å². The molecule has 0 spiro atoms. The van der Waals surface area contributed by atoms with Crippen LogP contribution in [0.1, 0.15) is 52.4 Å². The average molecular weight is 631 g/mol. The second-order valence-corrected chi connectivity index (χ2v) is 11.1. The first-order chi connectivity index (χ1) is 21.8. The molecule has 4 aromatic rings. The summed E-state index contributed by atoms with van der Waals surface area (Å²) in [5, 5.41) is 15.4. The fraction of sp³-hybridized carbons (Fsp3) is 0.286. The number of benzene rings is 3. The summed E-state index contributed by atoms with van der Waals surface area (Å²) in [5.41, 5.74) is 4.95. The molecule has 234 valence electrons. The minimum Gasteiger partial charge on any atom is -0.496 e. The van der Waals surface area contributed by atoms with E-state index in [-0.39, 0.29) is 18.6 Å². The van der Waals surface area contributed by atoms with Crippen LogP contribution in [0.4, 0.5) is 0 Å². The molecule has 3 aromatic carbocycles. The van der Waals surface area contributed by atoms with E-state index in [1.54, 1.807) is 49.7 Å². The number of esters is 1. The van der Waals surface area contributed by atoms with Crippen molar-refractivity contribution >= 4 is 29.6 Å². The van der Waals surface area contributed by atoms with Gasteiger partial charge in [0.15, 0.2) is 0 Å². The number of halogens is 1. The molecule has 0 amide bonds. The van der Waals surface area contributed by atoms with Crippen LogP contribution in [0.15, 0.2) is 66.4 Å². The largest absolute Gasteiger partial charge is 0.496 e. The van der Waals surface area contributed by atoms with Crippen LogP contribution in [0.25, 0.3) is 17.3 Å². The van der Waals surface area contributed by atoms with E-state index in [9.17, 15) is 14.7 Å². The van der Waals surface area contributed by atoms with Gasteiger partial charge in [-0.3, -0.25) is 4.68 Å². The zero-order chi connectivity index (χ0) is 31.9. The quantitative estimate of drug-likeness (QED) is 0.124. The Balaban J connectivity index is 1.56. The maximum Gasteiger partial charge on any atom is 0.338 e. The molecule has 1 aromatic heterocycles. The molecule has 0 aliphatic carbocycles. The molecule has 1 aliphatic rings. The molecular formula is C35H35ClN2O7. The Hall–Kier alpha value is -4.76. The summed E-state index contributed by atoms with van der Waals surface area (Å²) in [5.74, 6) is 0.312. The number of hydrogen-bond acceptors (Lipinski definition) is 7. The number of rotatable bonds is 13. The number of carboxylic acid groups (broad SMARTS) is 1. The van der Waals surface area contributed by atoms with Gasteiger partial charge in [0.05, 0.1) is 38.3 Å². The molecule has 0 unspecified atom stereocenters. The molecule has 2 heterocycles. The lowest BCUT2D eigenvalue weighted by molar-refractivity contribution is -0.132. The summed E-state index contributed by atoms with van der Waals surface area (Å²) in [6.45, 7) is 3.37. The van der Waals surface area contributed by atoms with Crippen LogP contribution in [0, 0.1) is 0 Å². The van der Waals surface area contributed by atoms with Gasteiger partial charge in [-0.2, -0.15) is 5.10 Å². The van der Waals surface area contributed by atoms with Crippen molar-refractivity contribution in [2.45, 2.75) is 45.8 Å². The zero-order valence-electron chi connectivity index (χ0n) is 25.5. The predicted octanol–water partition coefficient (Wildman–Crippen LogP) is 7.02. The molecule has 10 heteroatoms. The minimum absolute atomic E-state index is 0.0768. The number of methoxy groups -OCH3 is 2. The number of fused-ring (bicyclic) bond motifs is 1. The molecule has 0 radical (unpaired) electrons. The average Bonchev–Trinajstić information content (AvgIpc) is 3.68. The van der Waals surface area contributed by atoms with Gasteiger partial charge in [0.1, 0.15) is 23.9 Å². The van der Waals surface area contributed by atoms with Gasteiger partial charge in [-0.15, -0.1) is 0 Å². The molecule has 1 N–H and O–H groups in total. The van der Waals surface area contributed by atoms with E-state index >= 15 is 0 Å². The van der Waals surface area contributed by atoms with Crippen LogP contribution in [0.2, 0.25) is 5.02 Å². The molecule has 0 saturated carbocycles. The van der Waals surface area contributed by atoms with Crippen LogP contribution in [-0.2, 0) is 35.5 Å². The molecule has 0 atom stereocenters. The summed E-state index contributed by atoms with van der Waals surface area (Å²) >= 11 is 6.42. The molecule has 0 saturated heterocycles. The third-order valence-corrected chi connectivity index (χ3v) is 7.91. The van der Waals surface area contributed by atoms with Crippen molar-refractivity contribution in [1.82, 2.24) is 9.78 Å². The predicted molar refractivity (Wildman–Crippen MR) is 171 cm³/mol. The molecular weight excluding hydrogens is 596 g/mol. The van der Waals surface area contributed by atoms with Gasteiger partial charge in [0, 0.05) is 57.8 Å². The lowest BCUT2D eigenvalue weighted by Gasteiger charge is -2.16. The van der Waals surface area contributed by atoms with Crippen molar-refractivity contribution in [3.05, 3.63) is 99.2 Å². The molecule has 1 aliphatic heterocycles. The van der Waals surface area contributed by atoms with Crippen LogP contribution >= 0.6 is 11.6 Å². The SMILES string of the molecule is CCCCn1ncc(C=C(Cc2cc3c(cc2OC)CCO3)C(=O)O)c1-c1ccc(Cl)cc1OCc1ccccc1C(=O)OC. The van der Waals surface area contributed by atoms with Gasteiger partial charge in [-0.25, -0.2) is 9.59 Å². The first kappa shape index (κ1) is 31.7. The Morgan fingerprint density at radius 1 is 1.09 bits per heavy atom. The molecule has 0 fully saturated rings. The molecule has 0 bridgehead atoms. The highest BCUT2D eigenvalue weighted by Gasteiger charge is 2.22. The second-order valence-electron chi connectivity index (χ2n) is 10.6. The standard InChI is InChI=1S/C35H35ClN2O7/c1-4-5-13-38-33(29-11-10-27(36)19-32(29)45-21-23-8-6-7-9-28(23)35(41)43-3)26(20-37-38)16-25(34(39)40)15-24-18-31-22(12-14-44-31)17-30(24)42-2/h6-11,16-20H,4-5,12-15,21H2,1-3H3,(H,39,40). The Morgan fingerprint density at radius 2 is 1.91 bits per heavy atom. The van der Waals surface area contributed by atoms with Gasteiger partial charge in [0.25, 0.3) is 0 Å². The summed E-state index contributed by atoms with van der Waals surface area (Å²) < 4.78 is 24.4. The summed E-state index contributed by atoms with van der Waals surface area (Å²) in [7, 11) is 2.91. The van der Waals surface area contributed by atoms with Crippen molar-refractivity contribution in [2.24, 2.45) is 0 Å². The fourth-order valence-electron chi connectivity index (χ4n) is 5.35. The van der Waals surface area contributed by atoms with Crippen molar-refractivity contribution < 1.29 is 33.6 Å². The van der Waals surface area contributed by atoms with Crippen molar-refractivity contribution in [2.75, 3.05) is 20.8 Å². The van der Waals surface area contributed by atoms with E-state index < -0.39 is 11.9 Å². The lowest BCUT2D eigenvalue weighted by Crippen LogP contribution is -2.09. The Morgan fingerprint density at radius 3 is 2.67 bits per heavy atom. The maximum atomic E-state index is 12.6. The van der Waals surface area contributed by atoms with Crippen LogP contribution < -0.4 is 14.2 Å². The third-order valence-electron chi connectivity index (χ3n) is 7.67. The molecule has 45 heavy (non-hydrogen) atoms. The number of ether oxygens (including phenoxy) is 4. The normalized spacial score (nSPS) is 12.4. The highest BCUT2D eigenvalue weighted by Crippen LogP contribution is 2.38. The van der Waals surface area contributed by atoms with Crippen molar-refractivity contribution in [1.29, 1.82) is 0 Å². The topological polar surface area (TPSA) is 109 Å². The summed E-state index contributed by atoms with van der Waals surface area (Å²) in [6.07, 6.45) is 6.02. The van der Waals surface area contributed by atoms with E-state index in [1.807, 2.05) is 28.9 Å². The second kappa shape index (κ2) is 14.3. The number of nitrogens with zero attached hydrogens (tertiary/aromatic N) is 2. The van der Waals surface area contributed by atoms with E-state index in [2.05, 4.69) is 12.0 Å². The number of aliphatic carboxylic acids is 1. The Bertz CT molecular complexity index is 1740. The van der Waals surface area contributed by atoms with Gasteiger partial charge in [-0.05, 0) is 48.9 Å². The molecule has 9 nitrogen and oxygen atoms in total. The van der Waals surface area contributed by atoms with E-state index in [1.165, 1.54) is 7.11 Å². The minimum atomic E-state index is -1.06. The van der Waals surface area contributed by atoms with Gasteiger partial charge in [0.2, 0.25) is 0 Å². The van der Waals surface area contributed by atoms with E-state index in [0.29, 0.717) is 63.2 Å². The first-order valence-corrected chi connectivity index (χ1v) is 15.1. The number of carbonyl (C=O) groups excluding carboxylic acids is 1. The van der Waals surface area contributed by atoms with E-state index in [0.717, 1.165) is 30.6 Å². The summed E-state index contributed by atoms with van der Waals surface area (Å²) in [6, 6.07) is 16.1. The zero-order valence-corrected chi connectivity index (χ0v) is 26.2. The van der Waals surface area contributed by atoms with Gasteiger partial charge < -0.3 is 24.1 Å². The number of carbonyl (C=O) groups is 2. The van der Waals surface area contributed by atoms with Crippen molar-refractivity contribution in [3.63, 3.8) is 0 Å². The van der Waals surface area contributed by atoms with Crippen LogP contribution in [-0.4, -0.2) is 47.7 Å². The fourth-order valence-corrected chi connectivity index (χ4v) is 5.52. The number of aryl methyl sites for hydroxylation is 1. The molecule has 5 rings (SSSR count). The van der Waals surface area contributed by atoms with Gasteiger partial charge >= 0.3 is 11.9 Å². The first-order valence-electron chi connectivity index (χ1n) is 14.7. The lowest BCUT2D eigenvalue weighted by atomic mass is 9.98. The maximum absolute atomic E-state index is 12.6.